The highest BCUT2D eigenvalue weighted by Crippen LogP contribution is 2.22. The highest BCUT2D eigenvalue weighted by Gasteiger charge is 2.21. The summed E-state index contributed by atoms with van der Waals surface area (Å²) in [5.74, 6) is -0.953. The van der Waals surface area contributed by atoms with E-state index in [1.54, 1.807) is 12.3 Å². The maximum atomic E-state index is 10.9. The fourth-order valence-corrected chi connectivity index (χ4v) is 2.85. The standard InChI is InChI=1S/C15H22N2O2/c1-2-5-13-6-3-4-9-17(13)11-12-7-8-16-14(10-12)15(18)19/h7-8,10,13H,2-6,9,11H2,1H3,(H,18,19). The van der Waals surface area contributed by atoms with E-state index in [-0.39, 0.29) is 5.69 Å². The second kappa shape index (κ2) is 6.66. The van der Waals surface area contributed by atoms with E-state index in [4.69, 9.17) is 5.11 Å². The lowest BCUT2D eigenvalue weighted by atomic mass is 9.97. The van der Waals surface area contributed by atoms with Gasteiger partial charge in [0.1, 0.15) is 5.69 Å². The molecule has 1 aliphatic heterocycles. The van der Waals surface area contributed by atoms with Crippen LogP contribution < -0.4 is 0 Å². The highest BCUT2D eigenvalue weighted by molar-refractivity contribution is 5.85. The van der Waals surface area contributed by atoms with E-state index < -0.39 is 5.97 Å². The molecule has 0 saturated carbocycles. The minimum Gasteiger partial charge on any atom is -0.477 e. The molecule has 0 amide bonds. The topological polar surface area (TPSA) is 53.4 Å². The van der Waals surface area contributed by atoms with Crippen molar-refractivity contribution < 1.29 is 9.90 Å². The first-order chi connectivity index (χ1) is 9.20. The van der Waals surface area contributed by atoms with Crippen molar-refractivity contribution >= 4 is 5.97 Å². The molecule has 2 heterocycles. The van der Waals surface area contributed by atoms with E-state index in [1.165, 1.54) is 32.1 Å². The summed E-state index contributed by atoms with van der Waals surface area (Å²) in [6, 6.07) is 4.27. The zero-order chi connectivity index (χ0) is 13.7. The van der Waals surface area contributed by atoms with Crippen LogP contribution in [0.3, 0.4) is 0 Å². The Kier molecular flexibility index (Phi) is 4.91. The molecule has 1 saturated heterocycles. The molecule has 4 heteroatoms. The summed E-state index contributed by atoms with van der Waals surface area (Å²) in [6.07, 6.45) is 7.87. The van der Waals surface area contributed by atoms with E-state index in [1.807, 2.05) is 6.07 Å². The summed E-state index contributed by atoms with van der Waals surface area (Å²) in [4.78, 5) is 17.3. The van der Waals surface area contributed by atoms with Crippen LogP contribution >= 0.6 is 0 Å². The van der Waals surface area contributed by atoms with E-state index in [9.17, 15) is 4.79 Å². The van der Waals surface area contributed by atoms with Crippen LogP contribution in [-0.2, 0) is 6.54 Å². The number of carboxylic acid groups (broad SMARTS) is 1. The third-order valence-electron chi connectivity index (χ3n) is 3.80. The normalized spacial score (nSPS) is 20.4. The molecule has 0 aliphatic carbocycles. The molecule has 1 aromatic heterocycles. The van der Waals surface area contributed by atoms with Gasteiger partial charge in [0, 0.05) is 18.8 Å². The van der Waals surface area contributed by atoms with E-state index in [0.29, 0.717) is 6.04 Å². The second-order valence-electron chi connectivity index (χ2n) is 5.26. The van der Waals surface area contributed by atoms with Gasteiger partial charge in [0.25, 0.3) is 0 Å². The van der Waals surface area contributed by atoms with Crippen molar-refractivity contribution in [3.63, 3.8) is 0 Å². The number of pyridine rings is 1. The average Bonchev–Trinajstić information content (AvgIpc) is 2.41. The molecule has 0 spiro atoms. The predicted octanol–water partition coefficient (Wildman–Crippen LogP) is 2.93. The fraction of sp³-hybridized carbons (Fsp3) is 0.600. The molecule has 1 atom stereocenters. The molecule has 0 bridgehead atoms. The van der Waals surface area contributed by atoms with Crippen molar-refractivity contribution in [2.75, 3.05) is 6.54 Å². The van der Waals surface area contributed by atoms with Crippen molar-refractivity contribution in [2.45, 2.75) is 51.6 Å². The van der Waals surface area contributed by atoms with Crippen LogP contribution in [0.1, 0.15) is 55.1 Å². The smallest absolute Gasteiger partial charge is 0.354 e. The Balaban J connectivity index is 2.06. The molecular weight excluding hydrogens is 240 g/mol. The van der Waals surface area contributed by atoms with Crippen molar-refractivity contribution in [3.8, 4) is 0 Å². The number of aromatic carboxylic acids is 1. The Morgan fingerprint density at radius 2 is 2.37 bits per heavy atom. The Morgan fingerprint density at radius 1 is 1.53 bits per heavy atom. The Bertz CT molecular complexity index is 432. The maximum absolute atomic E-state index is 10.9. The van der Waals surface area contributed by atoms with Crippen LogP contribution in [0.2, 0.25) is 0 Å². The molecule has 1 fully saturated rings. The molecule has 4 nitrogen and oxygen atoms in total. The van der Waals surface area contributed by atoms with Gasteiger partial charge < -0.3 is 5.11 Å². The van der Waals surface area contributed by atoms with Crippen LogP contribution in [0, 0.1) is 0 Å². The fourth-order valence-electron chi connectivity index (χ4n) is 2.85. The number of carboxylic acids is 1. The van der Waals surface area contributed by atoms with Gasteiger partial charge in [-0.1, -0.05) is 19.8 Å². The van der Waals surface area contributed by atoms with Crippen LogP contribution in [0.15, 0.2) is 18.3 Å². The molecule has 1 aromatic rings. The number of hydrogen-bond acceptors (Lipinski definition) is 3. The minimum atomic E-state index is -0.953. The molecule has 104 valence electrons. The van der Waals surface area contributed by atoms with Gasteiger partial charge in [-0.05, 0) is 43.5 Å². The van der Waals surface area contributed by atoms with Gasteiger partial charge in [-0.3, -0.25) is 4.90 Å². The van der Waals surface area contributed by atoms with Crippen LogP contribution in [0.5, 0.6) is 0 Å². The second-order valence-corrected chi connectivity index (χ2v) is 5.26. The molecular formula is C15H22N2O2. The Morgan fingerprint density at radius 3 is 3.11 bits per heavy atom. The SMILES string of the molecule is CCCC1CCCCN1Cc1ccnc(C(=O)O)c1. The minimum absolute atomic E-state index is 0.140. The van der Waals surface area contributed by atoms with Crippen molar-refractivity contribution in [1.82, 2.24) is 9.88 Å². The first-order valence-corrected chi connectivity index (χ1v) is 7.13. The number of rotatable bonds is 5. The van der Waals surface area contributed by atoms with Crippen molar-refractivity contribution in [2.24, 2.45) is 0 Å². The van der Waals surface area contributed by atoms with E-state index in [0.717, 1.165) is 18.7 Å². The number of aromatic nitrogens is 1. The number of carbonyl (C=O) groups is 1. The first-order valence-electron chi connectivity index (χ1n) is 7.13. The van der Waals surface area contributed by atoms with Crippen molar-refractivity contribution in [3.05, 3.63) is 29.6 Å². The third-order valence-corrected chi connectivity index (χ3v) is 3.80. The van der Waals surface area contributed by atoms with Crippen molar-refractivity contribution in [1.29, 1.82) is 0 Å². The van der Waals surface area contributed by atoms with Gasteiger partial charge in [-0.15, -0.1) is 0 Å². The average molecular weight is 262 g/mol. The summed E-state index contributed by atoms with van der Waals surface area (Å²) in [5, 5.41) is 8.98. The highest BCUT2D eigenvalue weighted by atomic mass is 16.4. The maximum Gasteiger partial charge on any atom is 0.354 e. The van der Waals surface area contributed by atoms with Gasteiger partial charge in [0.05, 0.1) is 0 Å². The summed E-state index contributed by atoms with van der Waals surface area (Å²) in [5.41, 5.74) is 1.19. The zero-order valence-corrected chi connectivity index (χ0v) is 11.5. The van der Waals surface area contributed by atoms with Gasteiger partial charge in [0.2, 0.25) is 0 Å². The van der Waals surface area contributed by atoms with Crippen LogP contribution in [-0.4, -0.2) is 33.5 Å². The van der Waals surface area contributed by atoms with Gasteiger partial charge in [-0.2, -0.15) is 0 Å². The molecule has 19 heavy (non-hydrogen) atoms. The Labute approximate surface area is 114 Å². The number of nitrogens with zero attached hydrogens (tertiary/aromatic N) is 2. The lowest BCUT2D eigenvalue weighted by Crippen LogP contribution is -2.38. The van der Waals surface area contributed by atoms with Gasteiger partial charge in [-0.25, -0.2) is 9.78 Å². The summed E-state index contributed by atoms with van der Waals surface area (Å²) >= 11 is 0. The quantitative estimate of drug-likeness (QED) is 0.886. The largest absolute Gasteiger partial charge is 0.477 e. The molecule has 1 unspecified atom stereocenters. The van der Waals surface area contributed by atoms with E-state index in [2.05, 4.69) is 16.8 Å². The monoisotopic (exact) mass is 262 g/mol. The molecule has 2 rings (SSSR count). The third kappa shape index (κ3) is 3.77. The lowest BCUT2D eigenvalue weighted by molar-refractivity contribution is 0.0690. The summed E-state index contributed by atoms with van der Waals surface area (Å²) < 4.78 is 0. The zero-order valence-electron chi connectivity index (χ0n) is 11.5. The molecule has 0 radical (unpaired) electrons. The number of hydrogen-bond donors (Lipinski definition) is 1. The first kappa shape index (κ1) is 14.0. The Hall–Kier alpha value is -1.42. The molecule has 1 aliphatic rings. The van der Waals surface area contributed by atoms with Crippen LogP contribution in [0.4, 0.5) is 0 Å². The predicted molar refractivity (Wildman–Crippen MR) is 74.2 cm³/mol. The van der Waals surface area contributed by atoms with E-state index >= 15 is 0 Å². The summed E-state index contributed by atoms with van der Waals surface area (Å²) in [6.45, 7) is 4.19. The number of likely N-dealkylation sites (tertiary alicyclic amines) is 1. The van der Waals surface area contributed by atoms with Gasteiger partial charge >= 0.3 is 5.97 Å². The van der Waals surface area contributed by atoms with Gasteiger partial charge in [0.15, 0.2) is 0 Å². The number of piperidine rings is 1. The molecule has 1 N–H and O–H groups in total. The summed E-state index contributed by atoms with van der Waals surface area (Å²) in [7, 11) is 0. The molecule has 0 aromatic carbocycles. The van der Waals surface area contributed by atoms with Crippen LogP contribution in [0.25, 0.3) is 0 Å². The lowest BCUT2D eigenvalue weighted by Gasteiger charge is -2.35.